The molecule has 0 aliphatic rings. The van der Waals surface area contributed by atoms with Gasteiger partial charge in [-0.1, -0.05) is 48.5 Å². The molecule has 0 radical (unpaired) electrons. The molecule has 1 atom stereocenters. The third kappa shape index (κ3) is 6.86. The highest BCUT2D eigenvalue weighted by Gasteiger charge is 2.26. The van der Waals surface area contributed by atoms with Crippen LogP contribution in [-0.2, 0) is 4.79 Å². The predicted molar refractivity (Wildman–Crippen MR) is 70.3 cm³/mol. The first kappa shape index (κ1) is 15.5. The van der Waals surface area contributed by atoms with Crippen LogP contribution in [0.4, 0.5) is 0 Å². The van der Waals surface area contributed by atoms with Gasteiger partial charge in [0.05, 0.1) is 0 Å². The average molecular weight is 227 g/mol. The van der Waals surface area contributed by atoms with E-state index in [4.69, 9.17) is 0 Å². The van der Waals surface area contributed by atoms with Crippen molar-refractivity contribution in [2.45, 2.75) is 61.3 Å². The Morgan fingerprint density at radius 2 is 1.62 bits per heavy atom. The van der Waals surface area contributed by atoms with Crippen molar-refractivity contribution in [2.75, 3.05) is 6.54 Å². The topological polar surface area (TPSA) is 29.1 Å². The van der Waals surface area contributed by atoms with Crippen LogP contribution in [0, 0.1) is 16.7 Å². The minimum atomic E-state index is 0.0497. The van der Waals surface area contributed by atoms with Crippen molar-refractivity contribution >= 4 is 5.91 Å². The van der Waals surface area contributed by atoms with Crippen LogP contribution in [0.15, 0.2) is 0 Å². The second-order valence-corrected chi connectivity index (χ2v) is 7.04. The van der Waals surface area contributed by atoms with E-state index < -0.39 is 0 Å². The van der Waals surface area contributed by atoms with Gasteiger partial charge >= 0.3 is 0 Å². The number of rotatable bonds is 4. The van der Waals surface area contributed by atoms with Gasteiger partial charge in [0.1, 0.15) is 0 Å². The van der Waals surface area contributed by atoms with E-state index in [1.807, 2.05) is 6.92 Å². The molecule has 1 N–H and O–H groups in total. The predicted octanol–water partition coefficient (Wildman–Crippen LogP) is 3.61. The number of amides is 1. The summed E-state index contributed by atoms with van der Waals surface area (Å²) in [5, 5.41) is 3.02. The summed E-state index contributed by atoms with van der Waals surface area (Å²) in [6.07, 6.45) is 2.21. The second-order valence-electron chi connectivity index (χ2n) is 7.04. The normalized spacial score (nSPS) is 14.7. The first-order valence-corrected chi connectivity index (χ1v) is 6.32. The molecule has 96 valence electrons. The maximum absolute atomic E-state index is 11.8. The molecule has 0 aromatic rings. The van der Waals surface area contributed by atoms with Gasteiger partial charge in [0.25, 0.3) is 0 Å². The first-order chi connectivity index (χ1) is 7.04. The maximum atomic E-state index is 11.8. The monoisotopic (exact) mass is 227 g/mol. The highest BCUT2D eigenvalue weighted by Crippen LogP contribution is 2.25. The molecule has 0 fully saturated rings. The number of carbonyl (C=O) groups excluding carboxylic acids is 1. The lowest BCUT2D eigenvalue weighted by Crippen LogP contribution is -2.36. The van der Waals surface area contributed by atoms with Crippen LogP contribution in [-0.4, -0.2) is 12.5 Å². The Labute approximate surface area is 101 Å². The van der Waals surface area contributed by atoms with Crippen LogP contribution >= 0.6 is 0 Å². The molecule has 0 heterocycles. The molecule has 2 heteroatoms. The van der Waals surface area contributed by atoms with E-state index in [-0.39, 0.29) is 17.2 Å². The zero-order chi connectivity index (χ0) is 13.0. The molecule has 0 aromatic carbocycles. The minimum absolute atomic E-state index is 0.0497. The van der Waals surface area contributed by atoms with Crippen molar-refractivity contribution < 1.29 is 4.79 Å². The van der Waals surface area contributed by atoms with Crippen LogP contribution in [0.2, 0.25) is 0 Å². The third-order valence-electron chi connectivity index (χ3n) is 3.10. The summed E-state index contributed by atoms with van der Waals surface area (Å²) in [5.74, 6) is 0.253. The zero-order valence-electron chi connectivity index (χ0n) is 12.1. The van der Waals surface area contributed by atoms with Crippen LogP contribution in [0.1, 0.15) is 61.3 Å². The maximum Gasteiger partial charge on any atom is 0.223 e. The summed E-state index contributed by atoms with van der Waals surface area (Å²) in [4.78, 5) is 11.8. The summed E-state index contributed by atoms with van der Waals surface area (Å²) < 4.78 is 0. The number of carbonyl (C=O) groups is 1. The molecule has 0 spiro atoms. The average Bonchev–Trinajstić information content (AvgIpc) is 2.07. The molecule has 2 nitrogen and oxygen atoms in total. The van der Waals surface area contributed by atoms with Gasteiger partial charge in [-0.3, -0.25) is 4.79 Å². The van der Waals surface area contributed by atoms with Crippen LogP contribution < -0.4 is 5.32 Å². The van der Waals surface area contributed by atoms with Crippen molar-refractivity contribution in [2.24, 2.45) is 16.7 Å². The van der Waals surface area contributed by atoms with Gasteiger partial charge in [0, 0.05) is 12.5 Å². The molecule has 0 bridgehead atoms. The lowest BCUT2D eigenvalue weighted by Gasteiger charge is -2.26. The standard InChI is InChI=1S/C14H29NO/c1-11(14(5,6)7)12(16)15-10-8-9-13(2,3)4/h11H,8-10H2,1-7H3,(H,15,16)/t11-/m0/s1. The number of nitrogens with one attached hydrogen (secondary N) is 1. The quantitative estimate of drug-likeness (QED) is 0.730. The van der Waals surface area contributed by atoms with Gasteiger partial charge in [-0.2, -0.15) is 0 Å². The van der Waals surface area contributed by atoms with Crippen molar-refractivity contribution in [1.29, 1.82) is 0 Å². The molecule has 0 aliphatic carbocycles. The minimum Gasteiger partial charge on any atom is -0.356 e. The van der Waals surface area contributed by atoms with E-state index in [2.05, 4.69) is 46.9 Å². The molecule has 0 saturated heterocycles. The Hall–Kier alpha value is -0.530. The van der Waals surface area contributed by atoms with Crippen LogP contribution in [0.25, 0.3) is 0 Å². The highest BCUT2D eigenvalue weighted by atomic mass is 16.1. The van der Waals surface area contributed by atoms with E-state index in [1.54, 1.807) is 0 Å². The van der Waals surface area contributed by atoms with Gasteiger partial charge < -0.3 is 5.32 Å². The summed E-state index contributed by atoms with van der Waals surface area (Å²) in [6.45, 7) is 15.8. The Kier molecular flexibility index (Phi) is 5.51. The SMILES string of the molecule is C[C@@H](C(=O)NCCCC(C)(C)C)C(C)(C)C. The van der Waals surface area contributed by atoms with Crippen molar-refractivity contribution in [3.05, 3.63) is 0 Å². The first-order valence-electron chi connectivity index (χ1n) is 6.32. The van der Waals surface area contributed by atoms with E-state index in [0.29, 0.717) is 5.41 Å². The number of hydrogen-bond acceptors (Lipinski definition) is 1. The van der Waals surface area contributed by atoms with E-state index in [9.17, 15) is 4.79 Å². The van der Waals surface area contributed by atoms with Gasteiger partial charge in [0.2, 0.25) is 5.91 Å². The van der Waals surface area contributed by atoms with Gasteiger partial charge in [-0.05, 0) is 23.7 Å². The summed E-state index contributed by atoms with van der Waals surface area (Å²) in [6, 6.07) is 0. The van der Waals surface area contributed by atoms with Gasteiger partial charge in [-0.15, -0.1) is 0 Å². The summed E-state index contributed by atoms with van der Waals surface area (Å²) >= 11 is 0. The van der Waals surface area contributed by atoms with Crippen molar-refractivity contribution in [3.63, 3.8) is 0 Å². The molecule has 0 unspecified atom stereocenters. The molecule has 0 saturated carbocycles. The van der Waals surface area contributed by atoms with Crippen LogP contribution in [0.5, 0.6) is 0 Å². The van der Waals surface area contributed by atoms with E-state index >= 15 is 0 Å². The molecular formula is C14H29NO. The molecule has 16 heavy (non-hydrogen) atoms. The van der Waals surface area contributed by atoms with Gasteiger partial charge in [0.15, 0.2) is 0 Å². The fourth-order valence-corrected chi connectivity index (χ4v) is 1.38. The summed E-state index contributed by atoms with van der Waals surface area (Å²) in [7, 11) is 0. The van der Waals surface area contributed by atoms with Crippen LogP contribution in [0.3, 0.4) is 0 Å². The molecule has 0 aliphatic heterocycles. The third-order valence-corrected chi connectivity index (χ3v) is 3.10. The van der Waals surface area contributed by atoms with Crippen molar-refractivity contribution in [3.8, 4) is 0 Å². The van der Waals surface area contributed by atoms with E-state index in [1.165, 1.54) is 0 Å². The lowest BCUT2D eigenvalue weighted by atomic mass is 9.81. The van der Waals surface area contributed by atoms with Gasteiger partial charge in [-0.25, -0.2) is 0 Å². The smallest absolute Gasteiger partial charge is 0.223 e. The Balaban J connectivity index is 3.83. The Morgan fingerprint density at radius 1 is 1.12 bits per heavy atom. The lowest BCUT2D eigenvalue weighted by molar-refractivity contribution is -0.127. The zero-order valence-corrected chi connectivity index (χ0v) is 12.1. The van der Waals surface area contributed by atoms with Crippen molar-refractivity contribution in [1.82, 2.24) is 5.32 Å². The summed E-state index contributed by atoms with van der Waals surface area (Å²) in [5.41, 5.74) is 0.411. The number of hydrogen-bond donors (Lipinski definition) is 1. The fraction of sp³-hybridized carbons (Fsp3) is 0.929. The fourth-order valence-electron chi connectivity index (χ4n) is 1.38. The Morgan fingerprint density at radius 3 is 2.00 bits per heavy atom. The highest BCUT2D eigenvalue weighted by molar-refractivity contribution is 5.78. The molecular weight excluding hydrogens is 198 g/mol. The van der Waals surface area contributed by atoms with E-state index in [0.717, 1.165) is 19.4 Å². The largest absolute Gasteiger partial charge is 0.356 e. The Bertz CT molecular complexity index is 220. The second kappa shape index (κ2) is 5.70. The molecule has 0 rings (SSSR count). The molecule has 0 aromatic heterocycles. The molecule has 1 amide bonds.